The van der Waals surface area contributed by atoms with Gasteiger partial charge in [0, 0.05) is 17.0 Å². The first-order valence-corrected chi connectivity index (χ1v) is 7.86. The largest absolute Gasteiger partial charge is 0.481 e. The number of hydrogen-bond acceptors (Lipinski definition) is 3. The van der Waals surface area contributed by atoms with E-state index in [9.17, 15) is 9.59 Å². The predicted octanol–water partition coefficient (Wildman–Crippen LogP) is 3.75. The van der Waals surface area contributed by atoms with E-state index in [-0.39, 0.29) is 25.0 Å². The molecule has 1 heterocycles. The van der Waals surface area contributed by atoms with Gasteiger partial charge in [0.15, 0.2) is 0 Å². The SMILES string of the molecule is CC(NC(=O)N(CCC(=O)O)C(C)(C)C)c1ccc(Cl)s1. The molecule has 0 aliphatic heterocycles. The van der Waals surface area contributed by atoms with Crippen LogP contribution in [0.1, 0.15) is 45.0 Å². The molecule has 0 fully saturated rings. The Balaban J connectivity index is 2.74. The van der Waals surface area contributed by atoms with E-state index in [1.165, 1.54) is 16.2 Å². The fourth-order valence-corrected chi connectivity index (χ4v) is 2.91. The van der Waals surface area contributed by atoms with Crippen molar-refractivity contribution in [2.24, 2.45) is 0 Å². The van der Waals surface area contributed by atoms with Crippen LogP contribution in [0, 0.1) is 0 Å². The predicted molar refractivity (Wildman–Crippen MR) is 85.0 cm³/mol. The molecule has 2 amide bonds. The van der Waals surface area contributed by atoms with Gasteiger partial charge in [-0.25, -0.2) is 4.79 Å². The average molecular weight is 333 g/mol. The standard InChI is InChI=1S/C14H21ClN2O3S/c1-9(10-5-6-11(15)21-10)16-13(20)17(14(2,3)4)8-7-12(18)19/h5-6,9H,7-8H2,1-4H3,(H,16,20)(H,18,19). The lowest BCUT2D eigenvalue weighted by atomic mass is 10.1. The number of rotatable bonds is 5. The highest BCUT2D eigenvalue weighted by atomic mass is 35.5. The Labute approximate surface area is 133 Å². The van der Waals surface area contributed by atoms with E-state index in [0.29, 0.717) is 4.34 Å². The lowest BCUT2D eigenvalue weighted by Gasteiger charge is -2.36. The monoisotopic (exact) mass is 332 g/mol. The van der Waals surface area contributed by atoms with E-state index in [2.05, 4.69) is 5.32 Å². The Morgan fingerprint density at radius 2 is 2.05 bits per heavy atom. The summed E-state index contributed by atoms with van der Waals surface area (Å²) >= 11 is 7.30. The minimum atomic E-state index is -0.921. The van der Waals surface area contributed by atoms with E-state index < -0.39 is 11.5 Å². The van der Waals surface area contributed by atoms with Crippen LogP contribution in [-0.2, 0) is 4.79 Å². The minimum Gasteiger partial charge on any atom is -0.481 e. The lowest BCUT2D eigenvalue weighted by Crippen LogP contribution is -2.51. The van der Waals surface area contributed by atoms with Crippen molar-refractivity contribution in [2.75, 3.05) is 6.54 Å². The molecule has 0 saturated heterocycles. The Kier molecular flexibility index (Phi) is 6.04. The third-order valence-corrected chi connectivity index (χ3v) is 4.38. The maximum Gasteiger partial charge on any atom is 0.318 e. The van der Waals surface area contributed by atoms with Crippen LogP contribution in [0.15, 0.2) is 12.1 Å². The van der Waals surface area contributed by atoms with Crippen LogP contribution >= 0.6 is 22.9 Å². The number of thiophene rings is 1. The molecule has 1 unspecified atom stereocenters. The second kappa shape index (κ2) is 7.13. The van der Waals surface area contributed by atoms with Crippen LogP contribution in [0.5, 0.6) is 0 Å². The number of hydrogen-bond donors (Lipinski definition) is 2. The van der Waals surface area contributed by atoms with Crippen LogP contribution in [0.3, 0.4) is 0 Å². The van der Waals surface area contributed by atoms with Gasteiger partial charge in [-0.3, -0.25) is 4.79 Å². The van der Waals surface area contributed by atoms with Gasteiger partial charge in [-0.1, -0.05) is 11.6 Å². The van der Waals surface area contributed by atoms with Crippen molar-refractivity contribution in [3.63, 3.8) is 0 Å². The summed E-state index contributed by atoms with van der Waals surface area (Å²) in [6, 6.07) is 3.21. The molecule has 5 nitrogen and oxygen atoms in total. The van der Waals surface area contributed by atoms with E-state index >= 15 is 0 Å². The molecular weight excluding hydrogens is 312 g/mol. The number of carbonyl (C=O) groups excluding carboxylic acids is 1. The molecule has 0 aliphatic rings. The lowest BCUT2D eigenvalue weighted by molar-refractivity contribution is -0.137. The van der Waals surface area contributed by atoms with Crippen molar-refractivity contribution in [1.82, 2.24) is 10.2 Å². The van der Waals surface area contributed by atoms with Crippen molar-refractivity contribution in [3.8, 4) is 0 Å². The molecule has 0 spiro atoms. The molecule has 1 atom stereocenters. The van der Waals surface area contributed by atoms with Crippen molar-refractivity contribution >= 4 is 34.9 Å². The summed E-state index contributed by atoms with van der Waals surface area (Å²) in [7, 11) is 0. The highest BCUT2D eigenvalue weighted by Crippen LogP contribution is 2.27. The van der Waals surface area contributed by atoms with Crippen LogP contribution in [-0.4, -0.2) is 34.1 Å². The molecule has 0 aromatic carbocycles. The number of nitrogens with zero attached hydrogens (tertiary/aromatic N) is 1. The first kappa shape index (κ1) is 17.8. The van der Waals surface area contributed by atoms with Gasteiger partial charge in [-0.15, -0.1) is 11.3 Å². The molecule has 2 N–H and O–H groups in total. The zero-order valence-corrected chi connectivity index (χ0v) is 14.2. The molecule has 1 aromatic rings. The normalized spacial score (nSPS) is 12.8. The summed E-state index contributed by atoms with van der Waals surface area (Å²) in [5.41, 5.74) is -0.452. The number of urea groups is 1. The first-order chi connectivity index (χ1) is 9.61. The summed E-state index contributed by atoms with van der Waals surface area (Å²) < 4.78 is 0.671. The van der Waals surface area contributed by atoms with Crippen LogP contribution in [0.2, 0.25) is 4.34 Å². The molecule has 0 aliphatic carbocycles. The Morgan fingerprint density at radius 3 is 2.48 bits per heavy atom. The molecule has 0 saturated carbocycles. The zero-order chi connectivity index (χ0) is 16.2. The smallest absolute Gasteiger partial charge is 0.318 e. The van der Waals surface area contributed by atoms with E-state index in [1.54, 1.807) is 6.07 Å². The van der Waals surface area contributed by atoms with Gasteiger partial charge in [-0.05, 0) is 39.8 Å². The van der Waals surface area contributed by atoms with Crippen molar-refractivity contribution < 1.29 is 14.7 Å². The van der Waals surface area contributed by atoms with Crippen molar-refractivity contribution in [2.45, 2.75) is 45.7 Å². The fourth-order valence-electron chi connectivity index (χ4n) is 1.84. The van der Waals surface area contributed by atoms with Crippen LogP contribution < -0.4 is 5.32 Å². The van der Waals surface area contributed by atoms with Crippen LogP contribution in [0.25, 0.3) is 0 Å². The topological polar surface area (TPSA) is 69.6 Å². The Morgan fingerprint density at radius 1 is 1.43 bits per heavy atom. The van der Waals surface area contributed by atoms with Gasteiger partial charge >= 0.3 is 12.0 Å². The number of carboxylic acid groups (broad SMARTS) is 1. The molecule has 7 heteroatoms. The first-order valence-electron chi connectivity index (χ1n) is 6.66. The maximum atomic E-state index is 12.4. The number of nitrogens with one attached hydrogen (secondary N) is 1. The summed E-state index contributed by atoms with van der Waals surface area (Å²) in [4.78, 5) is 25.6. The average Bonchev–Trinajstić information content (AvgIpc) is 2.73. The highest BCUT2D eigenvalue weighted by molar-refractivity contribution is 7.16. The Hall–Kier alpha value is -1.27. The third kappa shape index (κ3) is 5.55. The number of aliphatic carboxylic acids is 1. The summed E-state index contributed by atoms with van der Waals surface area (Å²) in [6.07, 6.45) is -0.0795. The summed E-state index contributed by atoms with van der Waals surface area (Å²) in [5.74, 6) is -0.921. The Bertz CT molecular complexity index is 511. The second-order valence-corrected chi connectivity index (χ2v) is 7.53. The van der Waals surface area contributed by atoms with Gasteiger partial charge in [0.1, 0.15) is 0 Å². The molecular formula is C14H21ClN2O3S. The number of halogens is 1. The molecule has 0 radical (unpaired) electrons. The summed E-state index contributed by atoms with van der Waals surface area (Å²) in [5, 5.41) is 11.7. The minimum absolute atomic E-state index is 0.0795. The zero-order valence-electron chi connectivity index (χ0n) is 12.6. The maximum absolute atomic E-state index is 12.4. The third-order valence-electron chi connectivity index (χ3n) is 2.96. The molecule has 21 heavy (non-hydrogen) atoms. The van der Waals surface area contributed by atoms with Gasteiger partial charge in [0.25, 0.3) is 0 Å². The van der Waals surface area contributed by atoms with Gasteiger partial charge in [-0.2, -0.15) is 0 Å². The molecule has 0 bridgehead atoms. The van der Waals surface area contributed by atoms with E-state index in [1.807, 2.05) is 33.8 Å². The van der Waals surface area contributed by atoms with Gasteiger partial charge in [0.05, 0.1) is 16.8 Å². The van der Waals surface area contributed by atoms with Crippen molar-refractivity contribution in [3.05, 3.63) is 21.3 Å². The van der Waals surface area contributed by atoms with Gasteiger partial charge < -0.3 is 15.3 Å². The van der Waals surface area contributed by atoms with Crippen LogP contribution in [0.4, 0.5) is 4.79 Å². The van der Waals surface area contributed by atoms with E-state index in [4.69, 9.17) is 16.7 Å². The molecule has 118 valence electrons. The summed E-state index contributed by atoms with van der Waals surface area (Å²) in [6.45, 7) is 7.67. The number of carboxylic acids is 1. The number of amides is 2. The van der Waals surface area contributed by atoms with Gasteiger partial charge in [0.2, 0.25) is 0 Å². The molecule has 1 aromatic heterocycles. The molecule has 1 rings (SSSR count). The second-order valence-electron chi connectivity index (χ2n) is 5.78. The number of carbonyl (C=O) groups is 2. The quantitative estimate of drug-likeness (QED) is 0.862. The highest BCUT2D eigenvalue weighted by Gasteiger charge is 2.28. The van der Waals surface area contributed by atoms with E-state index in [0.717, 1.165) is 4.88 Å². The van der Waals surface area contributed by atoms with Crippen molar-refractivity contribution in [1.29, 1.82) is 0 Å². The fraction of sp³-hybridized carbons (Fsp3) is 0.571.